The number of urea groups is 1. The number of nitrogens with one attached hydrogen (secondary N) is 1. The first-order valence-corrected chi connectivity index (χ1v) is 13.3. The number of hydrazine groups is 1. The number of rotatable bonds is 7. The van der Waals surface area contributed by atoms with E-state index in [-0.39, 0.29) is 37.0 Å². The van der Waals surface area contributed by atoms with Crippen LogP contribution in [0.5, 0.6) is 0 Å². The highest BCUT2D eigenvalue weighted by molar-refractivity contribution is 7.98. The molecule has 0 saturated carbocycles. The summed E-state index contributed by atoms with van der Waals surface area (Å²) in [6.07, 6.45) is 1.96. The summed E-state index contributed by atoms with van der Waals surface area (Å²) in [4.78, 5) is 43.8. The van der Waals surface area contributed by atoms with E-state index >= 15 is 0 Å². The van der Waals surface area contributed by atoms with Crippen molar-refractivity contribution in [3.05, 3.63) is 71.8 Å². The number of thioether (sulfide) groups is 1. The zero-order chi connectivity index (χ0) is 24.9. The highest BCUT2D eigenvalue weighted by Gasteiger charge is 2.51. The van der Waals surface area contributed by atoms with Crippen LogP contribution in [0.2, 0.25) is 0 Å². The van der Waals surface area contributed by atoms with Crippen molar-refractivity contribution in [2.24, 2.45) is 0 Å². The number of carbonyl (C=O) groups is 3. The van der Waals surface area contributed by atoms with E-state index in [1.807, 2.05) is 78.7 Å². The van der Waals surface area contributed by atoms with Crippen LogP contribution in [-0.2, 0) is 16.1 Å². The Morgan fingerprint density at radius 3 is 2.40 bits per heavy atom. The second kappa shape index (κ2) is 11.1. The molecule has 2 fully saturated rings. The van der Waals surface area contributed by atoms with Crippen LogP contribution in [0.1, 0.15) is 30.5 Å². The summed E-state index contributed by atoms with van der Waals surface area (Å²) in [6.45, 7) is 2.68. The molecule has 186 valence electrons. The molecule has 0 radical (unpaired) electrons. The third kappa shape index (κ3) is 5.31. The molecule has 0 spiro atoms. The lowest BCUT2D eigenvalue weighted by atomic mass is 9.99. The van der Waals surface area contributed by atoms with Gasteiger partial charge in [-0.25, -0.2) is 14.8 Å². The molecule has 2 aliphatic heterocycles. The molecule has 2 saturated heterocycles. The number of hydrogen-bond donors (Lipinski definition) is 1. The van der Waals surface area contributed by atoms with Crippen LogP contribution in [0.4, 0.5) is 4.79 Å². The maximum atomic E-state index is 13.7. The van der Waals surface area contributed by atoms with Gasteiger partial charge in [0.05, 0.1) is 19.1 Å². The van der Waals surface area contributed by atoms with Crippen molar-refractivity contribution in [2.75, 3.05) is 32.1 Å². The molecule has 2 aliphatic rings. The van der Waals surface area contributed by atoms with Crippen LogP contribution in [0.15, 0.2) is 60.7 Å². The van der Waals surface area contributed by atoms with Crippen molar-refractivity contribution in [3.8, 4) is 0 Å². The van der Waals surface area contributed by atoms with Crippen LogP contribution < -0.4 is 5.32 Å². The van der Waals surface area contributed by atoms with Crippen LogP contribution in [0.3, 0.4) is 0 Å². The number of piperazine rings is 1. The van der Waals surface area contributed by atoms with Gasteiger partial charge >= 0.3 is 6.03 Å². The van der Waals surface area contributed by atoms with Crippen molar-refractivity contribution in [2.45, 2.75) is 38.1 Å². The number of amides is 4. The molecular formula is C26H33N5O3S. The molecule has 0 aliphatic carbocycles. The summed E-state index contributed by atoms with van der Waals surface area (Å²) < 4.78 is 0. The standard InChI is InChI=1S/C26H33N5O3S/c1-19(21-12-8-5-9-13-21)29-17-23-30(22(25(29)33)14-15-35-3)24(32)18-28(2)31(23)26(34)27-16-20-10-6-4-7-11-20/h4-13,19,22-23H,14-18H2,1-3H3,(H,27,34)/t19-,22+,23+/m1/s1. The summed E-state index contributed by atoms with van der Waals surface area (Å²) in [5.41, 5.74) is 2.01. The lowest BCUT2D eigenvalue weighted by Crippen LogP contribution is -2.76. The molecule has 8 nitrogen and oxygen atoms in total. The van der Waals surface area contributed by atoms with Gasteiger partial charge in [0, 0.05) is 13.6 Å². The first-order valence-electron chi connectivity index (χ1n) is 11.9. The van der Waals surface area contributed by atoms with Crippen molar-refractivity contribution in [3.63, 3.8) is 0 Å². The van der Waals surface area contributed by atoms with E-state index in [1.165, 1.54) is 0 Å². The van der Waals surface area contributed by atoms with Gasteiger partial charge in [-0.15, -0.1) is 0 Å². The molecule has 2 aromatic rings. The van der Waals surface area contributed by atoms with Crippen LogP contribution in [0, 0.1) is 0 Å². The minimum atomic E-state index is -0.599. The first-order chi connectivity index (χ1) is 16.9. The van der Waals surface area contributed by atoms with Gasteiger partial charge < -0.3 is 15.1 Å². The zero-order valence-corrected chi connectivity index (χ0v) is 21.3. The van der Waals surface area contributed by atoms with Gasteiger partial charge in [-0.1, -0.05) is 60.7 Å². The van der Waals surface area contributed by atoms with Gasteiger partial charge in [0.25, 0.3) is 0 Å². The summed E-state index contributed by atoms with van der Waals surface area (Å²) in [5.74, 6) is 0.557. The molecule has 4 amide bonds. The second-order valence-electron chi connectivity index (χ2n) is 8.96. The molecule has 35 heavy (non-hydrogen) atoms. The lowest BCUT2D eigenvalue weighted by molar-refractivity contribution is -0.189. The Morgan fingerprint density at radius 1 is 1.09 bits per heavy atom. The quantitative estimate of drug-likeness (QED) is 0.639. The van der Waals surface area contributed by atoms with Crippen molar-refractivity contribution in [1.29, 1.82) is 0 Å². The van der Waals surface area contributed by atoms with E-state index in [9.17, 15) is 14.4 Å². The van der Waals surface area contributed by atoms with E-state index in [1.54, 1.807) is 33.7 Å². The SMILES string of the molecule is CSCC[C@H]1C(=O)N([C@H](C)c2ccccc2)C[C@H]2N1C(=O)CN(C)N2C(=O)NCc1ccccc1. The largest absolute Gasteiger partial charge is 0.334 e. The number of benzene rings is 2. The Kier molecular flexibility index (Phi) is 7.97. The molecule has 9 heteroatoms. The van der Waals surface area contributed by atoms with Crippen LogP contribution >= 0.6 is 11.8 Å². The van der Waals surface area contributed by atoms with Gasteiger partial charge in [-0.05, 0) is 36.5 Å². The van der Waals surface area contributed by atoms with Gasteiger partial charge in [0.15, 0.2) is 0 Å². The second-order valence-corrected chi connectivity index (χ2v) is 9.95. The topological polar surface area (TPSA) is 76.2 Å². The number of hydrogen-bond acceptors (Lipinski definition) is 5. The molecular weight excluding hydrogens is 462 g/mol. The zero-order valence-electron chi connectivity index (χ0n) is 20.5. The number of likely N-dealkylation sites (N-methyl/N-ethyl adjacent to an activating group) is 1. The van der Waals surface area contributed by atoms with E-state index < -0.39 is 12.2 Å². The van der Waals surface area contributed by atoms with E-state index in [0.29, 0.717) is 13.0 Å². The molecule has 1 N–H and O–H groups in total. The first kappa shape index (κ1) is 25.1. The van der Waals surface area contributed by atoms with Gasteiger partial charge in [0.2, 0.25) is 11.8 Å². The Balaban J connectivity index is 1.63. The Bertz CT molecular complexity index is 1040. The minimum Gasteiger partial charge on any atom is -0.333 e. The molecule has 0 unspecified atom stereocenters. The maximum Gasteiger partial charge on any atom is 0.334 e. The summed E-state index contributed by atoms with van der Waals surface area (Å²) >= 11 is 1.65. The molecule has 0 bridgehead atoms. The monoisotopic (exact) mass is 495 g/mol. The Labute approximate surface area is 211 Å². The predicted molar refractivity (Wildman–Crippen MR) is 137 cm³/mol. The van der Waals surface area contributed by atoms with E-state index in [4.69, 9.17) is 0 Å². The lowest BCUT2D eigenvalue weighted by Gasteiger charge is -2.55. The fourth-order valence-corrected chi connectivity index (χ4v) is 5.34. The van der Waals surface area contributed by atoms with Crippen LogP contribution in [0.25, 0.3) is 0 Å². The summed E-state index contributed by atoms with van der Waals surface area (Å²) in [6, 6.07) is 18.5. The van der Waals surface area contributed by atoms with Gasteiger partial charge in [-0.3, -0.25) is 9.59 Å². The molecule has 4 rings (SSSR count). The molecule has 2 aromatic carbocycles. The molecule has 2 heterocycles. The van der Waals surface area contributed by atoms with Crippen LogP contribution in [-0.4, -0.2) is 82.0 Å². The van der Waals surface area contributed by atoms with Crippen molar-refractivity contribution >= 4 is 29.6 Å². The van der Waals surface area contributed by atoms with Gasteiger partial charge in [-0.2, -0.15) is 11.8 Å². The van der Waals surface area contributed by atoms with E-state index in [0.717, 1.165) is 16.9 Å². The number of fused-ring (bicyclic) bond motifs is 1. The molecule has 0 aromatic heterocycles. The number of carbonyl (C=O) groups excluding carboxylic acids is 3. The van der Waals surface area contributed by atoms with E-state index in [2.05, 4.69) is 5.32 Å². The maximum absolute atomic E-state index is 13.7. The fraction of sp³-hybridized carbons (Fsp3) is 0.423. The Morgan fingerprint density at radius 2 is 1.74 bits per heavy atom. The Hall–Kier alpha value is -3.04. The normalized spacial score (nSPS) is 21.6. The van der Waals surface area contributed by atoms with Crippen molar-refractivity contribution < 1.29 is 14.4 Å². The highest BCUT2D eigenvalue weighted by Crippen LogP contribution is 2.32. The summed E-state index contributed by atoms with van der Waals surface area (Å²) in [7, 11) is 1.75. The third-order valence-electron chi connectivity index (χ3n) is 6.73. The van der Waals surface area contributed by atoms with Gasteiger partial charge in [0.1, 0.15) is 12.2 Å². The molecule has 3 atom stereocenters. The third-order valence-corrected chi connectivity index (χ3v) is 7.37. The van der Waals surface area contributed by atoms with Crippen molar-refractivity contribution in [1.82, 2.24) is 25.1 Å². The highest BCUT2D eigenvalue weighted by atomic mass is 32.2. The average Bonchev–Trinajstić information content (AvgIpc) is 2.87. The fourth-order valence-electron chi connectivity index (χ4n) is 4.89. The average molecular weight is 496 g/mol. The number of nitrogens with zero attached hydrogens (tertiary/aromatic N) is 4. The summed E-state index contributed by atoms with van der Waals surface area (Å²) in [5, 5.41) is 6.26. The smallest absolute Gasteiger partial charge is 0.333 e. The minimum absolute atomic E-state index is 0.0482. The predicted octanol–water partition coefficient (Wildman–Crippen LogP) is 2.94.